The Kier molecular flexibility index (Phi) is 5.68. The number of imidazole rings is 1. The molecule has 0 aliphatic carbocycles. The van der Waals surface area contributed by atoms with Crippen LogP contribution < -0.4 is 10.1 Å². The van der Waals surface area contributed by atoms with Crippen LogP contribution in [0.3, 0.4) is 0 Å². The molecule has 2 heterocycles. The number of nitrogens with one attached hydrogen (secondary N) is 1. The third kappa shape index (κ3) is 4.29. The predicted molar refractivity (Wildman–Crippen MR) is 102 cm³/mol. The number of carbonyl (C=O) groups is 1. The van der Waals surface area contributed by atoms with Gasteiger partial charge in [0, 0.05) is 41.5 Å². The normalized spacial score (nSPS) is 12.0. The molecule has 136 valence electrons. The summed E-state index contributed by atoms with van der Waals surface area (Å²) in [4.78, 5) is 21.9. The van der Waals surface area contributed by atoms with Crippen molar-refractivity contribution in [2.45, 2.75) is 32.9 Å². The molecule has 0 radical (unpaired) electrons. The third-order valence-corrected chi connectivity index (χ3v) is 5.19. The fraction of sp³-hybridized carbons (Fsp3) is 0.316. The van der Waals surface area contributed by atoms with Crippen LogP contribution in [0.25, 0.3) is 10.6 Å². The van der Waals surface area contributed by atoms with Gasteiger partial charge in [-0.2, -0.15) is 0 Å². The van der Waals surface area contributed by atoms with Crippen LogP contribution in [-0.4, -0.2) is 27.6 Å². The molecule has 0 aliphatic heterocycles. The Balaban J connectivity index is 1.56. The second kappa shape index (κ2) is 8.14. The summed E-state index contributed by atoms with van der Waals surface area (Å²) in [5, 5.41) is 3.88. The quantitative estimate of drug-likeness (QED) is 0.690. The zero-order chi connectivity index (χ0) is 18.5. The predicted octanol–water partition coefficient (Wildman–Crippen LogP) is 3.59. The van der Waals surface area contributed by atoms with Crippen molar-refractivity contribution in [2.24, 2.45) is 0 Å². The van der Waals surface area contributed by atoms with Gasteiger partial charge in [0.05, 0.1) is 13.7 Å². The van der Waals surface area contributed by atoms with Gasteiger partial charge in [-0.1, -0.05) is 12.1 Å². The van der Waals surface area contributed by atoms with Gasteiger partial charge in [0.15, 0.2) is 0 Å². The van der Waals surface area contributed by atoms with Gasteiger partial charge in [-0.25, -0.2) is 9.97 Å². The lowest BCUT2D eigenvalue weighted by atomic mass is 10.2. The fourth-order valence-corrected chi connectivity index (χ4v) is 3.61. The number of hydrogen-bond acceptors (Lipinski definition) is 5. The van der Waals surface area contributed by atoms with Crippen LogP contribution in [0.2, 0.25) is 0 Å². The highest BCUT2D eigenvalue weighted by atomic mass is 32.1. The maximum atomic E-state index is 12.2. The number of hydrogen-bond donors (Lipinski definition) is 1. The van der Waals surface area contributed by atoms with Crippen LogP contribution in [0.4, 0.5) is 0 Å². The van der Waals surface area contributed by atoms with Crippen LogP contribution in [0.15, 0.2) is 42.9 Å². The first-order chi connectivity index (χ1) is 12.6. The van der Waals surface area contributed by atoms with Crippen LogP contribution >= 0.6 is 11.3 Å². The minimum atomic E-state index is 0.0157. The number of benzene rings is 1. The molecule has 3 aromatic rings. The summed E-state index contributed by atoms with van der Waals surface area (Å²) in [6.45, 7) is 4.43. The number of amides is 1. The highest BCUT2D eigenvalue weighted by molar-refractivity contribution is 7.15. The highest BCUT2D eigenvalue weighted by Crippen LogP contribution is 2.27. The van der Waals surface area contributed by atoms with E-state index in [1.54, 1.807) is 24.6 Å². The molecule has 0 aliphatic rings. The molecule has 0 saturated heterocycles. The summed E-state index contributed by atoms with van der Waals surface area (Å²) in [5.41, 5.74) is 1.01. The lowest BCUT2D eigenvalue weighted by Gasteiger charge is -2.14. The molecule has 26 heavy (non-hydrogen) atoms. The Bertz CT molecular complexity index is 887. The molecule has 1 amide bonds. The molecule has 0 spiro atoms. The molecule has 1 aromatic carbocycles. The van der Waals surface area contributed by atoms with Gasteiger partial charge >= 0.3 is 0 Å². The smallest absolute Gasteiger partial charge is 0.222 e. The van der Waals surface area contributed by atoms with E-state index in [4.69, 9.17) is 4.74 Å². The Labute approximate surface area is 156 Å². The highest BCUT2D eigenvalue weighted by Gasteiger charge is 2.13. The standard InChI is InChI=1S/C19H22N4O2S/c1-13(23-8-7-20-14(23)2)9-18(24)21-11-17-12-22-19(26-17)15-5-4-6-16(10-15)25-3/h4-8,10,12-13H,9,11H2,1-3H3,(H,21,24). The van der Waals surface area contributed by atoms with Crippen molar-refractivity contribution < 1.29 is 9.53 Å². The van der Waals surface area contributed by atoms with E-state index in [0.29, 0.717) is 13.0 Å². The van der Waals surface area contributed by atoms with E-state index in [0.717, 1.165) is 27.0 Å². The Morgan fingerprint density at radius 2 is 2.23 bits per heavy atom. The molecule has 7 heteroatoms. The van der Waals surface area contributed by atoms with E-state index >= 15 is 0 Å². The summed E-state index contributed by atoms with van der Waals surface area (Å²) in [7, 11) is 1.65. The van der Waals surface area contributed by atoms with Crippen molar-refractivity contribution in [3.63, 3.8) is 0 Å². The molecule has 1 N–H and O–H groups in total. The van der Waals surface area contributed by atoms with Crippen molar-refractivity contribution in [2.75, 3.05) is 7.11 Å². The zero-order valence-electron chi connectivity index (χ0n) is 15.1. The summed E-state index contributed by atoms with van der Waals surface area (Å²) in [5.74, 6) is 1.73. The Hall–Kier alpha value is -2.67. The first-order valence-corrected chi connectivity index (χ1v) is 9.23. The minimum absolute atomic E-state index is 0.0157. The van der Waals surface area contributed by atoms with Gasteiger partial charge in [-0.15, -0.1) is 11.3 Å². The molecule has 2 aromatic heterocycles. The first kappa shape index (κ1) is 18.1. The summed E-state index contributed by atoms with van der Waals surface area (Å²) >= 11 is 1.57. The number of aryl methyl sites for hydroxylation is 1. The maximum absolute atomic E-state index is 12.2. The molecule has 6 nitrogen and oxygen atoms in total. The van der Waals surface area contributed by atoms with Gasteiger partial charge in [-0.05, 0) is 26.0 Å². The zero-order valence-corrected chi connectivity index (χ0v) is 15.9. The number of aromatic nitrogens is 3. The lowest BCUT2D eigenvalue weighted by Crippen LogP contribution is -2.25. The molecular weight excluding hydrogens is 348 g/mol. The largest absolute Gasteiger partial charge is 0.497 e. The lowest BCUT2D eigenvalue weighted by molar-refractivity contribution is -0.121. The van der Waals surface area contributed by atoms with Crippen molar-refractivity contribution in [1.82, 2.24) is 19.9 Å². The van der Waals surface area contributed by atoms with Crippen LogP contribution in [0.1, 0.15) is 30.1 Å². The topological polar surface area (TPSA) is 69.0 Å². The van der Waals surface area contributed by atoms with E-state index in [1.165, 1.54) is 0 Å². The Morgan fingerprint density at radius 1 is 1.38 bits per heavy atom. The fourth-order valence-electron chi connectivity index (χ4n) is 2.76. The minimum Gasteiger partial charge on any atom is -0.497 e. The average molecular weight is 370 g/mol. The molecule has 0 fully saturated rings. The van der Waals surface area contributed by atoms with Crippen LogP contribution in [0.5, 0.6) is 5.75 Å². The van der Waals surface area contributed by atoms with Crippen LogP contribution in [0, 0.1) is 6.92 Å². The van der Waals surface area contributed by atoms with Gasteiger partial charge in [0.25, 0.3) is 0 Å². The molecule has 0 saturated carbocycles. The number of methoxy groups -OCH3 is 1. The van der Waals surface area contributed by atoms with Crippen LogP contribution in [-0.2, 0) is 11.3 Å². The van der Waals surface area contributed by atoms with Crippen molar-refractivity contribution in [1.29, 1.82) is 0 Å². The van der Waals surface area contributed by atoms with Gasteiger partial charge < -0.3 is 14.6 Å². The van der Waals surface area contributed by atoms with Gasteiger partial charge in [0.1, 0.15) is 16.6 Å². The van der Waals surface area contributed by atoms with Gasteiger partial charge in [0.2, 0.25) is 5.91 Å². The molecule has 0 bridgehead atoms. The van der Waals surface area contributed by atoms with E-state index in [9.17, 15) is 4.79 Å². The average Bonchev–Trinajstić information content (AvgIpc) is 3.29. The van der Waals surface area contributed by atoms with Gasteiger partial charge in [-0.3, -0.25) is 4.79 Å². The first-order valence-electron chi connectivity index (χ1n) is 8.42. The Morgan fingerprint density at radius 3 is 2.96 bits per heavy atom. The number of rotatable bonds is 7. The molecular formula is C19H22N4O2S. The third-order valence-electron chi connectivity index (χ3n) is 4.15. The van der Waals surface area contributed by atoms with Crippen molar-refractivity contribution >= 4 is 17.2 Å². The van der Waals surface area contributed by atoms with E-state index in [-0.39, 0.29) is 11.9 Å². The van der Waals surface area contributed by atoms with Crippen molar-refractivity contribution in [3.8, 4) is 16.3 Å². The SMILES string of the molecule is COc1cccc(-c2ncc(CNC(=O)CC(C)n3ccnc3C)s2)c1. The molecule has 1 atom stereocenters. The number of carbonyl (C=O) groups excluding carboxylic acids is 1. The molecule has 1 unspecified atom stereocenters. The monoisotopic (exact) mass is 370 g/mol. The summed E-state index contributed by atoms with van der Waals surface area (Å²) < 4.78 is 7.26. The van der Waals surface area contributed by atoms with E-state index in [2.05, 4.69) is 15.3 Å². The van der Waals surface area contributed by atoms with E-state index in [1.807, 2.05) is 55.1 Å². The van der Waals surface area contributed by atoms with E-state index < -0.39 is 0 Å². The number of thiazole rings is 1. The second-order valence-corrected chi connectivity index (χ2v) is 7.19. The molecule has 3 rings (SSSR count). The summed E-state index contributed by atoms with van der Waals surface area (Å²) in [6, 6.07) is 7.87. The second-order valence-electron chi connectivity index (χ2n) is 6.08. The number of ether oxygens (including phenoxy) is 1. The summed E-state index contributed by atoms with van der Waals surface area (Å²) in [6.07, 6.45) is 5.87. The maximum Gasteiger partial charge on any atom is 0.222 e. The number of nitrogens with zero attached hydrogens (tertiary/aromatic N) is 3. The van der Waals surface area contributed by atoms with Crippen molar-refractivity contribution in [3.05, 3.63) is 53.6 Å².